The van der Waals surface area contributed by atoms with Crippen molar-refractivity contribution in [2.24, 2.45) is 11.8 Å². The molecule has 0 aromatic rings. The number of carboxylic acids is 1. The molecule has 98 valence electrons. The molecule has 0 radical (unpaired) electrons. The zero-order valence-corrected chi connectivity index (χ0v) is 11.0. The van der Waals surface area contributed by atoms with Crippen LogP contribution in [0.25, 0.3) is 0 Å². The molecule has 1 fully saturated rings. The van der Waals surface area contributed by atoms with Gasteiger partial charge in [0.05, 0.1) is 5.92 Å². The van der Waals surface area contributed by atoms with Gasteiger partial charge < -0.3 is 10.0 Å². The van der Waals surface area contributed by atoms with Gasteiger partial charge in [-0.3, -0.25) is 9.59 Å². The lowest BCUT2D eigenvalue weighted by Gasteiger charge is -2.32. The average molecular weight is 241 g/mol. The number of carboxylic acid groups (broad SMARTS) is 1. The minimum Gasteiger partial charge on any atom is -0.481 e. The molecule has 0 spiro atoms. The quantitative estimate of drug-likeness (QED) is 0.820. The lowest BCUT2D eigenvalue weighted by Crippen LogP contribution is -2.41. The molecule has 0 heterocycles. The second-order valence-electron chi connectivity index (χ2n) is 5.11. The average Bonchev–Trinajstić information content (AvgIpc) is 2.36. The third-order valence-electron chi connectivity index (χ3n) is 3.97. The van der Waals surface area contributed by atoms with Gasteiger partial charge in [-0.05, 0) is 32.6 Å². The van der Waals surface area contributed by atoms with Crippen molar-refractivity contribution < 1.29 is 14.7 Å². The molecule has 17 heavy (non-hydrogen) atoms. The maximum absolute atomic E-state index is 12.2. The van der Waals surface area contributed by atoms with Gasteiger partial charge in [0.1, 0.15) is 0 Å². The van der Waals surface area contributed by atoms with Crippen molar-refractivity contribution in [1.82, 2.24) is 4.90 Å². The van der Waals surface area contributed by atoms with Crippen molar-refractivity contribution in [3.63, 3.8) is 0 Å². The maximum Gasteiger partial charge on any atom is 0.306 e. The van der Waals surface area contributed by atoms with Gasteiger partial charge in [-0.15, -0.1) is 0 Å². The van der Waals surface area contributed by atoms with E-state index < -0.39 is 5.97 Å². The highest BCUT2D eigenvalue weighted by Crippen LogP contribution is 2.30. The first kappa shape index (κ1) is 14.0. The number of hydrogen-bond acceptors (Lipinski definition) is 2. The van der Waals surface area contributed by atoms with E-state index in [-0.39, 0.29) is 23.8 Å². The molecule has 3 atom stereocenters. The SMILES string of the molecule is CCC(C)N(C)C(=O)C1CCCC(C(=O)O)C1. The molecule has 1 N–H and O–H groups in total. The number of rotatable bonds is 4. The molecular weight excluding hydrogens is 218 g/mol. The highest BCUT2D eigenvalue weighted by atomic mass is 16.4. The third kappa shape index (κ3) is 3.45. The van der Waals surface area contributed by atoms with Crippen LogP contribution in [0, 0.1) is 11.8 Å². The van der Waals surface area contributed by atoms with Crippen LogP contribution in [0.15, 0.2) is 0 Å². The van der Waals surface area contributed by atoms with E-state index in [9.17, 15) is 9.59 Å². The summed E-state index contributed by atoms with van der Waals surface area (Å²) < 4.78 is 0. The van der Waals surface area contributed by atoms with Gasteiger partial charge in [0.2, 0.25) is 5.91 Å². The van der Waals surface area contributed by atoms with E-state index in [1.54, 1.807) is 4.90 Å². The number of carbonyl (C=O) groups excluding carboxylic acids is 1. The zero-order valence-electron chi connectivity index (χ0n) is 11.0. The standard InChI is InChI=1S/C13H23NO3/c1-4-9(2)14(3)12(15)10-6-5-7-11(8-10)13(16)17/h9-11H,4-8H2,1-3H3,(H,16,17). The molecule has 4 nitrogen and oxygen atoms in total. The Morgan fingerprint density at radius 3 is 2.47 bits per heavy atom. The van der Waals surface area contributed by atoms with Crippen LogP contribution in [0.5, 0.6) is 0 Å². The number of aliphatic carboxylic acids is 1. The van der Waals surface area contributed by atoms with Gasteiger partial charge in [-0.2, -0.15) is 0 Å². The van der Waals surface area contributed by atoms with Crippen molar-refractivity contribution in [2.75, 3.05) is 7.05 Å². The molecule has 0 aromatic heterocycles. The summed E-state index contributed by atoms with van der Waals surface area (Å²) in [5, 5.41) is 9.01. The summed E-state index contributed by atoms with van der Waals surface area (Å²) in [6.07, 6.45) is 3.84. The first-order valence-electron chi connectivity index (χ1n) is 6.46. The van der Waals surface area contributed by atoms with Crippen molar-refractivity contribution in [3.8, 4) is 0 Å². The largest absolute Gasteiger partial charge is 0.481 e. The van der Waals surface area contributed by atoms with Crippen molar-refractivity contribution in [2.45, 2.75) is 52.0 Å². The van der Waals surface area contributed by atoms with Gasteiger partial charge in [0.25, 0.3) is 0 Å². The zero-order chi connectivity index (χ0) is 13.0. The van der Waals surface area contributed by atoms with Gasteiger partial charge in [-0.1, -0.05) is 13.3 Å². The Hall–Kier alpha value is -1.06. The smallest absolute Gasteiger partial charge is 0.306 e. The summed E-state index contributed by atoms with van der Waals surface area (Å²) in [5.41, 5.74) is 0. The highest BCUT2D eigenvalue weighted by molar-refractivity contribution is 5.80. The van der Waals surface area contributed by atoms with Crippen LogP contribution in [0.1, 0.15) is 46.0 Å². The molecule has 1 amide bonds. The first-order chi connectivity index (χ1) is 7.97. The topological polar surface area (TPSA) is 57.6 Å². The molecule has 0 saturated heterocycles. The molecule has 0 aliphatic heterocycles. The molecule has 0 bridgehead atoms. The second-order valence-corrected chi connectivity index (χ2v) is 5.11. The Labute approximate surface area is 103 Å². The van der Waals surface area contributed by atoms with E-state index in [1.165, 1.54) is 0 Å². The van der Waals surface area contributed by atoms with E-state index in [0.717, 1.165) is 19.3 Å². The van der Waals surface area contributed by atoms with Crippen LogP contribution in [0.3, 0.4) is 0 Å². The summed E-state index contributed by atoms with van der Waals surface area (Å²) in [5.74, 6) is -1.06. The summed E-state index contributed by atoms with van der Waals surface area (Å²) in [6, 6.07) is 0.229. The van der Waals surface area contributed by atoms with E-state index in [2.05, 4.69) is 6.92 Å². The molecule has 3 unspecified atom stereocenters. The van der Waals surface area contributed by atoms with Crippen LogP contribution in [-0.2, 0) is 9.59 Å². The molecule has 1 aliphatic rings. The van der Waals surface area contributed by atoms with Crippen LogP contribution < -0.4 is 0 Å². The van der Waals surface area contributed by atoms with Gasteiger partial charge >= 0.3 is 5.97 Å². The van der Waals surface area contributed by atoms with Gasteiger partial charge in [0.15, 0.2) is 0 Å². The summed E-state index contributed by atoms with van der Waals surface area (Å²) in [7, 11) is 1.82. The minimum atomic E-state index is -0.756. The van der Waals surface area contributed by atoms with Crippen LogP contribution in [0.2, 0.25) is 0 Å². The lowest BCUT2D eigenvalue weighted by atomic mass is 9.80. The van der Waals surface area contributed by atoms with E-state index in [1.807, 2.05) is 14.0 Å². The predicted molar refractivity (Wildman–Crippen MR) is 65.6 cm³/mol. The fourth-order valence-electron chi connectivity index (χ4n) is 2.42. The Kier molecular flexibility index (Phi) is 4.97. The third-order valence-corrected chi connectivity index (χ3v) is 3.97. The van der Waals surface area contributed by atoms with Crippen LogP contribution in [-0.4, -0.2) is 35.0 Å². The minimum absolute atomic E-state index is 0.0937. The fourth-order valence-corrected chi connectivity index (χ4v) is 2.42. The molecular formula is C13H23NO3. The van der Waals surface area contributed by atoms with E-state index in [4.69, 9.17) is 5.11 Å². The normalized spacial score (nSPS) is 26.3. The van der Waals surface area contributed by atoms with E-state index >= 15 is 0 Å². The first-order valence-corrected chi connectivity index (χ1v) is 6.46. The summed E-state index contributed by atoms with van der Waals surface area (Å²) in [4.78, 5) is 24.9. The Balaban J connectivity index is 2.60. The van der Waals surface area contributed by atoms with Crippen molar-refractivity contribution in [1.29, 1.82) is 0 Å². The van der Waals surface area contributed by atoms with Crippen molar-refractivity contribution >= 4 is 11.9 Å². The number of nitrogens with zero attached hydrogens (tertiary/aromatic N) is 1. The molecule has 1 saturated carbocycles. The summed E-state index contributed by atoms with van der Waals surface area (Å²) in [6.45, 7) is 4.07. The van der Waals surface area contributed by atoms with Crippen LogP contribution in [0.4, 0.5) is 0 Å². The van der Waals surface area contributed by atoms with Gasteiger partial charge in [0, 0.05) is 19.0 Å². The Morgan fingerprint density at radius 2 is 1.94 bits per heavy atom. The second kappa shape index (κ2) is 6.03. The number of amides is 1. The van der Waals surface area contributed by atoms with Crippen molar-refractivity contribution in [3.05, 3.63) is 0 Å². The predicted octanol–water partition coefficient (Wildman–Crippen LogP) is 2.13. The Bertz CT molecular complexity index is 290. The molecule has 4 heteroatoms. The molecule has 1 rings (SSSR count). The lowest BCUT2D eigenvalue weighted by molar-refractivity contribution is -0.145. The summed E-state index contributed by atoms with van der Waals surface area (Å²) >= 11 is 0. The maximum atomic E-state index is 12.2. The number of carbonyl (C=O) groups is 2. The monoisotopic (exact) mass is 241 g/mol. The fraction of sp³-hybridized carbons (Fsp3) is 0.846. The molecule has 0 aromatic carbocycles. The Morgan fingerprint density at radius 1 is 1.35 bits per heavy atom. The van der Waals surface area contributed by atoms with E-state index in [0.29, 0.717) is 12.8 Å². The van der Waals surface area contributed by atoms with Crippen LogP contribution >= 0.6 is 0 Å². The highest BCUT2D eigenvalue weighted by Gasteiger charge is 2.33. The van der Waals surface area contributed by atoms with Gasteiger partial charge in [-0.25, -0.2) is 0 Å². The number of hydrogen-bond donors (Lipinski definition) is 1. The molecule has 1 aliphatic carbocycles.